The second kappa shape index (κ2) is 6.12. The Morgan fingerprint density at radius 1 is 1.22 bits per heavy atom. The Balaban J connectivity index is 2.31. The molecule has 2 N–H and O–H groups in total. The molecule has 2 aromatic rings. The van der Waals surface area contributed by atoms with Crippen LogP contribution < -0.4 is 5.73 Å². The predicted octanol–water partition coefficient (Wildman–Crippen LogP) is 4.25. The van der Waals surface area contributed by atoms with E-state index >= 15 is 0 Å². The molecule has 2 rings (SSSR count). The van der Waals surface area contributed by atoms with E-state index in [0.717, 1.165) is 4.47 Å². The van der Waals surface area contributed by atoms with Gasteiger partial charge < -0.3 is 5.73 Å². The first kappa shape index (κ1) is 14.0. The summed E-state index contributed by atoms with van der Waals surface area (Å²) >= 11 is 5.83. The summed E-state index contributed by atoms with van der Waals surface area (Å²) in [6.07, 6.45) is 3.62. The van der Waals surface area contributed by atoms with Crippen LogP contribution >= 0.6 is 38.5 Å². The summed E-state index contributed by atoms with van der Waals surface area (Å²) in [6, 6.07) is 10.3. The fourth-order valence-corrected chi connectivity index (χ4v) is 2.99. The van der Waals surface area contributed by atoms with Gasteiger partial charge in [0.2, 0.25) is 0 Å². The van der Waals surface area contributed by atoms with Gasteiger partial charge in [-0.1, -0.05) is 22.9 Å². The highest BCUT2D eigenvalue weighted by Gasteiger charge is 2.19. The fraction of sp³-hybridized carbons (Fsp3) is 0.214. The second-order valence-corrected chi connectivity index (χ2v) is 6.34. The first-order chi connectivity index (χ1) is 8.59. The average Bonchev–Trinajstić information content (AvgIpc) is 2.41. The number of nitrogens with two attached hydrogens (primary N) is 1. The molecule has 0 aliphatic rings. The van der Waals surface area contributed by atoms with Crippen LogP contribution in [-0.2, 0) is 0 Å². The quantitative estimate of drug-likeness (QED) is 0.759. The predicted molar refractivity (Wildman–Crippen MR) is 86.4 cm³/mol. The number of hydrogen-bond acceptors (Lipinski definition) is 2. The van der Waals surface area contributed by atoms with E-state index < -0.39 is 0 Å². The SMILES string of the molecule is CC(c1ccncc1)C(N)c1cc(Br)ccc1I. The Morgan fingerprint density at radius 2 is 1.89 bits per heavy atom. The third-order valence-electron chi connectivity index (χ3n) is 3.09. The lowest BCUT2D eigenvalue weighted by Crippen LogP contribution is -2.18. The maximum absolute atomic E-state index is 6.39. The number of benzene rings is 1. The van der Waals surface area contributed by atoms with E-state index in [1.807, 2.05) is 30.6 Å². The van der Waals surface area contributed by atoms with Crippen molar-refractivity contribution in [2.75, 3.05) is 0 Å². The van der Waals surface area contributed by atoms with Crippen LogP contribution in [0.4, 0.5) is 0 Å². The zero-order valence-electron chi connectivity index (χ0n) is 9.98. The van der Waals surface area contributed by atoms with E-state index in [1.54, 1.807) is 0 Å². The van der Waals surface area contributed by atoms with E-state index in [1.165, 1.54) is 14.7 Å². The summed E-state index contributed by atoms with van der Waals surface area (Å²) in [5.74, 6) is 0.260. The van der Waals surface area contributed by atoms with E-state index in [2.05, 4.69) is 62.6 Å². The molecule has 0 amide bonds. The van der Waals surface area contributed by atoms with Crippen LogP contribution in [0, 0.1) is 3.57 Å². The molecular weight excluding hydrogens is 403 g/mol. The van der Waals surface area contributed by atoms with Crippen molar-refractivity contribution in [1.82, 2.24) is 4.98 Å². The van der Waals surface area contributed by atoms with Gasteiger partial charge in [-0.15, -0.1) is 0 Å². The lowest BCUT2D eigenvalue weighted by atomic mass is 9.90. The minimum atomic E-state index is -0.0169. The molecule has 2 unspecified atom stereocenters. The smallest absolute Gasteiger partial charge is 0.0372 e. The van der Waals surface area contributed by atoms with Gasteiger partial charge in [0.25, 0.3) is 0 Å². The van der Waals surface area contributed by atoms with Gasteiger partial charge in [-0.2, -0.15) is 0 Å². The van der Waals surface area contributed by atoms with Gasteiger partial charge in [-0.05, 0) is 64.0 Å². The molecule has 0 bridgehead atoms. The third kappa shape index (κ3) is 3.10. The van der Waals surface area contributed by atoms with Crippen molar-refractivity contribution in [2.24, 2.45) is 5.73 Å². The largest absolute Gasteiger partial charge is 0.323 e. The maximum Gasteiger partial charge on any atom is 0.0372 e. The van der Waals surface area contributed by atoms with Gasteiger partial charge in [0, 0.05) is 32.4 Å². The zero-order chi connectivity index (χ0) is 13.1. The van der Waals surface area contributed by atoms with Gasteiger partial charge in [0.15, 0.2) is 0 Å². The minimum Gasteiger partial charge on any atom is -0.323 e. The number of halogens is 2. The molecule has 94 valence electrons. The summed E-state index contributed by atoms with van der Waals surface area (Å²) in [7, 11) is 0. The standard InChI is InChI=1S/C14H14BrIN2/c1-9(10-4-6-18-7-5-10)14(17)12-8-11(15)2-3-13(12)16/h2-9,14H,17H2,1H3. The normalized spacial score (nSPS) is 14.2. The summed E-state index contributed by atoms with van der Waals surface area (Å²) in [6.45, 7) is 2.15. The van der Waals surface area contributed by atoms with Crippen LogP contribution in [-0.4, -0.2) is 4.98 Å². The molecule has 4 heteroatoms. The van der Waals surface area contributed by atoms with Gasteiger partial charge in [0.1, 0.15) is 0 Å². The maximum atomic E-state index is 6.39. The molecule has 1 aromatic carbocycles. The van der Waals surface area contributed by atoms with Crippen LogP contribution in [0.1, 0.15) is 30.0 Å². The van der Waals surface area contributed by atoms with Crippen LogP contribution in [0.15, 0.2) is 47.2 Å². The Hall–Kier alpha value is -0.460. The number of rotatable bonds is 3. The van der Waals surface area contributed by atoms with E-state index in [-0.39, 0.29) is 12.0 Å². The molecule has 18 heavy (non-hydrogen) atoms. The Kier molecular flexibility index (Phi) is 4.75. The highest BCUT2D eigenvalue weighted by Crippen LogP contribution is 2.32. The molecule has 0 saturated carbocycles. The lowest BCUT2D eigenvalue weighted by molar-refractivity contribution is 0.594. The first-order valence-electron chi connectivity index (χ1n) is 5.70. The molecule has 2 atom stereocenters. The van der Waals surface area contributed by atoms with Crippen molar-refractivity contribution in [3.63, 3.8) is 0 Å². The molecular formula is C14H14BrIN2. The van der Waals surface area contributed by atoms with Crippen LogP contribution in [0.25, 0.3) is 0 Å². The molecule has 0 spiro atoms. The van der Waals surface area contributed by atoms with Crippen molar-refractivity contribution < 1.29 is 0 Å². The van der Waals surface area contributed by atoms with Crippen molar-refractivity contribution in [3.05, 3.63) is 61.9 Å². The second-order valence-electron chi connectivity index (χ2n) is 4.26. The highest BCUT2D eigenvalue weighted by molar-refractivity contribution is 14.1. The number of pyridine rings is 1. The Morgan fingerprint density at radius 3 is 2.56 bits per heavy atom. The molecule has 1 heterocycles. The monoisotopic (exact) mass is 416 g/mol. The topological polar surface area (TPSA) is 38.9 Å². The van der Waals surface area contributed by atoms with Crippen LogP contribution in [0.2, 0.25) is 0 Å². The molecule has 0 radical (unpaired) electrons. The summed E-state index contributed by atoms with van der Waals surface area (Å²) in [5.41, 5.74) is 8.79. The van der Waals surface area contributed by atoms with Gasteiger partial charge in [-0.3, -0.25) is 4.98 Å². The number of aromatic nitrogens is 1. The fourth-order valence-electron chi connectivity index (χ4n) is 1.91. The van der Waals surface area contributed by atoms with E-state index in [9.17, 15) is 0 Å². The summed E-state index contributed by atoms with van der Waals surface area (Å²) in [4.78, 5) is 4.04. The van der Waals surface area contributed by atoms with Crippen molar-refractivity contribution in [2.45, 2.75) is 18.9 Å². The molecule has 2 nitrogen and oxygen atoms in total. The molecule has 0 aliphatic carbocycles. The molecule has 0 saturated heterocycles. The zero-order valence-corrected chi connectivity index (χ0v) is 13.7. The molecule has 0 fully saturated rings. The van der Waals surface area contributed by atoms with Gasteiger partial charge in [0.05, 0.1) is 0 Å². The Bertz CT molecular complexity index is 531. The van der Waals surface area contributed by atoms with Crippen LogP contribution in [0.3, 0.4) is 0 Å². The van der Waals surface area contributed by atoms with Gasteiger partial charge >= 0.3 is 0 Å². The minimum absolute atomic E-state index is 0.0169. The van der Waals surface area contributed by atoms with E-state index in [4.69, 9.17) is 5.73 Å². The highest BCUT2D eigenvalue weighted by atomic mass is 127. The molecule has 1 aromatic heterocycles. The van der Waals surface area contributed by atoms with Crippen LogP contribution in [0.5, 0.6) is 0 Å². The summed E-state index contributed by atoms with van der Waals surface area (Å²) in [5, 5.41) is 0. The third-order valence-corrected chi connectivity index (χ3v) is 4.56. The molecule has 0 aliphatic heterocycles. The number of nitrogens with zero attached hydrogens (tertiary/aromatic N) is 1. The van der Waals surface area contributed by atoms with Crippen molar-refractivity contribution in [1.29, 1.82) is 0 Å². The van der Waals surface area contributed by atoms with Crippen molar-refractivity contribution >= 4 is 38.5 Å². The van der Waals surface area contributed by atoms with Gasteiger partial charge in [-0.25, -0.2) is 0 Å². The first-order valence-corrected chi connectivity index (χ1v) is 7.57. The Labute approximate surface area is 129 Å². The summed E-state index contributed by atoms with van der Waals surface area (Å²) < 4.78 is 2.26. The average molecular weight is 417 g/mol. The van der Waals surface area contributed by atoms with E-state index in [0.29, 0.717) is 0 Å². The lowest BCUT2D eigenvalue weighted by Gasteiger charge is -2.22. The number of hydrogen-bond donors (Lipinski definition) is 1. The van der Waals surface area contributed by atoms with Crippen molar-refractivity contribution in [3.8, 4) is 0 Å².